The molecule has 3 aromatic carbocycles. The van der Waals surface area contributed by atoms with Gasteiger partial charge in [-0.2, -0.15) is 0 Å². The molecule has 10 heteroatoms. The van der Waals surface area contributed by atoms with Gasteiger partial charge >= 0.3 is 0 Å². The van der Waals surface area contributed by atoms with Gasteiger partial charge in [-0.25, -0.2) is 21.5 Å². The molecule has 33 heavy (non-hydrogen) atoms. The number of halogens is 3. The van der Waals surface area contributed by atoms with E-state index in [1.165, 1.54) is 26.2 Å². The number of amides is 1. The maximum Gasteiger partial charge on any atom is 0.252 e. The third kappa shape index (κ3) is 6.27. The number of carbonyl (C=O) groups excluding carboxylic acids is 1. The Balaban J connectivity index is 1.99. The molecule has 0 aliphatic rings. The van der Waals surface area contributed by atoms with Crippen LogP contribution in [-0.4, -0.2) is 32.7 Å². The highest BCUT2D eigenvalue weighted by Gasteiger charge is 2.20. The standard InChI is InChI=1S/C23H21F2IN2O4S/c1-28(2)33(30,31)13-14-4-3-5-19(8-14)32-21-11-17(24)10-16(22(21)23(27)29)9-15-6-7-18(26)12-20(15)25/h3-8,10-12H,9,13H2,1-2H3,(H2,27,29). The average molecular weight is 586 g/mol. The van der Waals surface area contributed by atoms with Crippen molar-refractivity contribution in [1.29, 1.82) is 0 Å². The molecule has 0 bridgehead atoms. The second-order valence-electron chi connectivity index (χ2n) is 7.50. The van der Waals surface area contributed by atoms with E-state index >= 15 is 0 Å². The minimum atomic E-state index is -3.51. The van der Waals surface area contributed by atoms with Crippen molar-refractivity contribution in [2.45, 2.75) is 12.2 Å². The molecule has 0 aliphatic heterocycles. The number of ether oxygens (including phenoxy) is 1. The Kier molecular flexibility index (Phi) is 7.70. The third-order valence-corrected chi connectivity index (χ3v) is 7.30. The lowest BCUT2D eigenvalue weighted by Gasteiger charge is -2.15. The number of primary amides is 1. The van der Waals surface area contributed by atoms with Crippen molar-refractivity contribution in [3.8, 4) is 11.5 Å². The first kappa shape index (κ1) is 25.1. The molecule has 0 radical (unpaired) electrons. The van der Waals surface area contributed by atoms with E-state index in [2.05, 4.69) is 0 Å². The van der Waals surface area contributed by atoms with Crippen LogP contribution in [0.4, 0.5) is 8.78 Å². The molecule has 0 aromatic heterocycles. The smallest absolute Gasteiger partial charge is 0.252 e. The fourth-order valence-corrected chi connectivity index (χ4v) is 4.48. The number of carbonyl (C=O) groups is 1. The van der Waals surface area contributed by atoms with Crippen molar-refractivity contribution >= 4 is 38.5 Å². The van der Waals surface area contributed by atoms with E-state index in [4.69, 9.17) is 10.5 Å². The number of benzene rings is 3. The predicted octanol–water partition coefficient (Wildman–Crippen LogP) is 4.44. The molecule has 0 aliphatic carbocycles. The lowest BCUT2D eigenvalue weighted by atomic mass is 9.98. The minimum Gasteiger partial charge on any atom is -0.456 e. The second kappa shape index (κ2) is 10.1. The van der Waals surface area contributed by atoms with E-state index in [1.54, 1.807) is 30.3 Å². The van der Waals surface area contributed by atoms with Gasteiger partial charge in [-0.15, -0.1) is 0 Å². The summed E-state index contributed by atoms with van der Waals surface area (Å²) in [4.78, 5) is 12.2. The first-order chi connectivity index (χ1) is 15.5. The van der Waals surface area contributed by atoms with Gasteiger partial charge in [0.15, 0.2) is 0 Å². The van der Waals surface area contributed by atoms with Gasteiger partial charge in [-0.3, -0.25) is 4.79 Å². The molecular formula is C23H21F2IN2O4S. The van der Waals surface area contributed by atoms with Crippen LogP contribution >= 0.6 is 22.6 Å². The Hall–Kier alpha value is -2.57. The normalized spacial score (nSPS) is 11.6. The quantitative estimate of drug-likeness (QED) is 0.396. The summed E-state index contributed by atoms with van der Waals surface area (Å²) in [7, 11) is -0.650. The van der Waals surface area contributed by atoms with Crippen molar-refractivity contribution < 1.29 is 26.7 Å². The second-order valence-corrected chi connectivity index (χ2v) is 10.9. The highest BCUT2D eigenvalue weighted by atomic mass is 127. The monoisotopic (exact) mass is 586 g/mol. The fraction of sp³-hybridized carbons (Fsp3) is 0.174. The molecule has 3 rings (SSSR count). The molecule has 0 spiro atoms. The Morgan fingerprint density at radius 3 is 2.42 bits per heavy atom. The molecule has 0 atom stereocenters. The summed E-state index contributed by atoms with van der Waals surface area (Å²) in [5, 5.41) is 0. The van der Waals surface area contributed by atoms with Crippen LogP contribution in [0.3, 0.4) is 0 Å². The molecule has 0 fully saturated rings. The number of rotatable bonds is 8. The van der Waals surface area contributed by atoms with Crippen molar-refractivity contribution in [3.05, 3.63) is 92.1 Å². The van der Waals surface area contributed by atoms with Gasteiger partial charge in [0.1, 0.15) is 23.1 Å². The molecule has 3 aromatic rings. The zero-order valence-electron chi connectivity index (χ0n) is 17.8. The van der Waals surface area contributed by atoms with Crippen LogP contribution in [0.15, 0.2) is 54.6 Å². The summed E-state index contributed by atoms with van der Waals surface area (Å²) in [6.45, 7) is 0. The fourth-order valence-electron chi connectivity index (χ4n) is 3.17. The predicted molar refractivity (Wildman–Crippen MR) is 130 cm³/mol. The SMILES string of the molecule is CN(C)S(=O)(=O)Cc1cccc(Oc2cc(F)cc(Cc3ccc(I)cc3F)c2C(N)=O)c1. The minimum absolute atomic E-state index is 0.0732. The van der Waals surface area contributed by atoms with Gasteiger partial charge in [-0.05, 0) is 69.6 Å². The van der Waals surface area contributed by atoms with E-state index in [-0.39, 0.29) is 40.4 Å². The summed E-state index contributed by atoms with van der Waals surface area (Å²) in [6, 6.07) is 12.9. The summed E-state index contributed by atoms with van der Waals surface area (Å²) >= 11 is 1.97. The molecule has 0 saturated carbocycles. The Bertz CT molecular complexity index is 1310. The van der Waals surface area contributed by atoms with Crippen LogP contribution in [0.2, 0.25) is 0 Å². The van der Waals surface area contributed by atoms with Crippen molar-refractivity contribution in [2.24, 2.45) is 5.73 Å². The highest BCUT2D eigenvalue weighted by Crippen LogP contribution is 2.31. The van der Waals surface area contributed by atoms with Gasteiger partial charge in [0, 0.05) is 30.2 Å². The molecule has 2 N–H and O–H groups in total. The zero-order valence-corrected chi connectivity index (χ0v) is 20.8. The van der Waals surface area contributed by atoms with Crippen molar-refractivity contribution in [1.82, 2.24) is 4.31 Å². The summed E-state index contributed by atoms with van der Waals surface area (Å²) in [6.07, 6.45) is -0.0732. The highest BCUT2D eigenvalue weighted by molar-refractivity contribution is 14.1. The van der Waals surface area contributed by atoms with Gasteiger partial charge < -0.3 is 10.5 Å². The molecule has 0 heterocycles. The molecule has 1 amide bonds. The number of hydrogen-bond acceptors (Lipinski definition) is 4. The zero-order chi connectivity index (χ0) is 24.3. The van der Waals surface area contributed by atoms with E-state index in [1.807, 2.05) is 22.6 Å². The van der Waals surface area contributed by atoms with E-state index < -0.39 is 27.6 Å². The Morgan fingerprint density at radius 1 is 1.06 bits per heavy atom. The number of nitrogens with two attached hydrogens (primary N) is 1. The van der Waals surface area contributed by atoms with E-state index in [9.17, 15) is 22.0 Å². The molecule has 6 nitrogen and oxygen atoms in total. The molecule has 0 saturated heterocycles. The van der Waals surface area contributed by atoms with Crippen LogP contribution in [0.25, 0.3) is 0 Å². The average Bonchev–Trinajstić information content (AvgIpc) is 2.69. The van der Waals surface area contributed by atoms with Crippen molar-refractivity contribution in [3.63, 3.8) is 0 Å². The van der Waals surface area contributed by atoms with Gasteiger partial charge in [0.25, 0.3) is 5.91 Å². The van der Waals surface area contributed by atoms with Gasteiger partial charge in [0.2, 0.25) is 10.0 Å². The summed E-state index contributed by atoms with van der Waals surface area (Å²) in [5.41, 5.74) is 6.36. The maximum atomic E-state index is 14.4. The van der Waals surface area contributed by atoms with Gasteiger partial charge in [-0.1, -0.05) is 18.2 Å². The van der Waals surface area contributed by atoms with Crippen LogP contribution in [0.5, 0.6) is 11.5 Å². The van der Waals surface area contributed by atoms with Crippen molar-refractivity contribution in [2.75, 3.05) is 14.1 Å². The number of sulfonamides is 1. The Labute approximate surface area is 204 Å². The third-order valence-electron chi connectivity index (χ3n) is 4.82. The number of hydrogen-bond donors (Lipinski definition) is 1. The molecule has 174 valence electrons. The first-order valence-electron chi connectivity index (χ1n) is 9.69. The molecule has 0 unspecified atom stereocenters. The first-order valence-corrected chi connectivity index (χ1v) is 12.4. The largest absolute Gasteiger partial charge is 0.456 e. The maximum absolute atomic E-state index is 14.4. The Morgan fingerprint density at radius 2 is 1.79 bits per heavy atom. The molecular weight excluding hydrogens is 565 g/mol. The lowest BCUT2D eigenvalue weighted by molar-refractivity contribution is 0.0997. The van der Waals surface area contributed by atoms with Crippen LogP contribution in [0, 0.1) is 15.2 Å². The van der Waals surface area contributed by atoms with E-state index in [0.717, 1.165) is 16.4 Å². The summed E-state index contributed by atoms with van der Waals surface area (Å²) in [5.74, 6) is -2.25. The number of nitrogens with zero attached hydrogens (tertiary/aromatic N) is 1. The lowest BCUT2D eigenvalue weighted by Crippen LogP contribution is -2.23. The van der Waals surface area contributed by atoms with Crippen LogP contribution < -0.4 is 10.5 Å². The van der Waals surface area contributed by atoms with Gasteiger partial charge in [0.05, 0.1) is 11.3 Å². The van der Waals surface area contributed by atoms with Crippen LogP contribution in [-0.2, 0) is 22.2 Å². The van der Waals surface area contributed by atoms with Crippen LogP contribution in [0.1, 0.15) is 27.0 Å². The topological polar surface area (TPSA) is 89.7 Å². The van der Waals surface area contributed by atoms with E-state index in [0.29, 0.717) is 9.13 Å². The summed E-state index contributed by atoms with van der Waals surface area (Å²) < 4.78 is 60.7.